The Labute approximate surface area is 97.4 Å². The van der Waals surface area contributed by atoms with Crippen LogP contribution in [0.3, 0.4) is 0 Å². The molecule has 0 unspecified atom stereocenters. The van der Waals surface area contributed by atoms with Crippen molar-refractivity contribution in [3.63, 3.8) is 0 Å². The molecule has 0 saturated heterocycles. The first-order valence-corrected chi connectivity index (χ1v) is 4.57. The topological polar surface area (TPSA) is 43.1 Å². The Morgan fingerprint density at radius 2 is 1.61 bits per heavy atom. The van der Waals surface area contributed by atoms with Crippen LogP contribution in [0.1, 0.15) is 16.7 Å². The predicted octanol–water partition coefficient (Wildman–Crippen LogP) is 2.75. The van der Waals surface area contributed by atoms with Crippen molar-refractivity contribution in [1.29, 1.82) is 0 Å². The van der Waals surface area contributed by atoms with E-state index < -0.39 is 41.4 Å². The van der Waals surface area contributed by atoms with Gasteiger partial charge in [-0.25, -0.2) is 0 Å². The molecule has 2 nitrogen and oxygen atoms in total. The largest absolute Gasteiger partial charge is 0.416 e. The minimum Gasteiger partial charge on any atom is -0.369 e. The molecule has 0 aliphatic carbocycles. The molecule has 0 atom stereocenters. The number of hydrogen-bond acceptors (Lipinski definition) is 1. The Hall–Kier alpha value is -1.73. The van der Waals surface area contributed by atoms with Crippen LogP contribution >= 0.6 is 0 Å². The van der Waals surface area contributed by atoms with Gasteiger partial charge in [0.15, 0.2) is 0 Å². The van der Waals surface area contributed by atoms with Crippen LogP contribution in [0.4, 0.5) is 26.3 Å². The molecular weight excluding hydrogens is 264 g/mol. The van der Waals surface area contributed by atoms with Crippen molar-refractivity contribution in [1.82, 2.24) is 0 Å². The molecule has 100 valence electrons. The molecule has 0 fully saturated rings. The number of benzene rings is 1. The molecule has 8 heteroatoms. The molecule has 0 spiro atoms. The first-order valence-electron chi connectivity index (χ1n) is 4.57. The highest BCUT2D eigenvalue weighted by Crippen LogP contribution is 2.36. The summed E-state index contributed by atoms with van der Waals surface area (Å²) in [6.45, 7) is 0. The molecule has 18 heavy (non-hydrogen) atoms. The van der Waals surface area contributed by atoms with E-state index in [-0.39, 0.29) is 6.07 Å². The molecule has 0 heterocycles. The number of alkyl halides is 6. The lowest BCUT2D eigenvalue weighted by atomic mass is 10.0. The highest BCUT2D eigenvalue weighted by molar-refractivity contribution is 5.77. The molecule has 1 aromatic rings. The van der Waals surface area contributed by atoms with Crippen molar-refractivity contribution in [3.05, 3.63) is 34.9 Å². The summed E-state index contributed by atoms with van der Waals surface area (Å²) in [4.78, 5) is 10.6. The number of rotatable bonds is 2. The normalized spacial score (nSPS) is 12.6. The number of carbonyl (C=O) groups excluding carboxylic acids is 1. The number of amides is 1. The summed E-state index contributed by atoms with van der Waals surface area (Å²) < 4.78 is 74.5. The third-order valence-corrected chi connectivity index (χ3v) is 2.10. The molecule has 1 rings (SSSR count). The van der Waals surface area contributed by atoms with Crippen LogP contribution in [0.5, 0.6) is 0 Å². The molecule has 0 radical (unpaired) electrons. The molecule has 0 bridgehead atoms. The van der Waals surface area contributed by atoms with Crippen LogP contribution in [-0.2, 0) is 23.6 Å². The average Bonchev–Trinajstić information content (AvgIpc) is 2.13. The van der Waals surface area contributed by atoms with Gasteiger partial charge in [-0.05, 0) is 23.8 Å². The Morgan fingerprint density at radius 1 is 1.06 bits per heavy atom. The molecular formula is C10H7F6NO. The van der Waals surface area contributed by atoms with Crippen LogP contribution in [0.15, 0.2) is 18.2 Å². The highest BCUT2D eigenvalue weighted by atomic mass is 19.4. The van der Waals surface area contributed by atoms with Gasteiger partial charge in [0.1, 0.15) is 0 Å². The molecule has 0 aliphatic rings. The smallest absolute Gasteiger partial charge is 0.369 e. The van der Waals surface area contributed by atoms with Crippen LogP contribution in [-0.4, -0.2) is 5.91 Å². The molecule has 0 aromatic heterocycles. The maximum atomic E-state index is 12.5. The zero-order valence-electron chi connectivity index (χ0n) is 8.69. The fourth-order valence-corrected chi connectivity index (χ4v) is 1.38. The van der Waals surface area contributed by atoms with Crippen molar-refractivity contribution in [3.8, 4) is 0 Å². The van der Waals surface area contributed by atoms with Crippen molar-refractivity contribution in [2.75, 3.05) is 0 Å². The third kappa shape index (κ3) is 3.38. The number of halogens is 6. The number of primary amides is 1. The van der Waals surface area contributed by atoms with E-state index in [1.54, 1.807) is 0 Å². The van der Waals surface area contributed by atoms with Gasteiger partial charge in [-0.1, -0.05) is 0 Å². The van der Waals surface area contributed by atoms with E-state index in [1.807, 2.05) is 0 Å². The number of hydrogen-bond donors (Lipinski definition) is 1. The summed E-state index contributed by atoms with van der Waals surface area (Å²) in [5, 5.41) is 0. The van der Waals surface area contributed by atoms with Gasteiger partial charge in [0.25, 0.3) is 0 Å². The fourth-order valence-electron chi connectivity index (χ4n) is 1.38. The maximum absolute atomic E-state index is 12.5. The summed E-state index contributed by atoms with van der Waals surface area (Å²) in [5.74, 6) is -1.14. The lowest BCUT2D eigenvalue weighted by Gasteiger charge is -2.14. The van der Waals surface area contributed by atoms with Gasteiger partial charge in [-0.15, -0.1) is 0 Å². The SMILES string of the molecule is NC(=O)Cc1cc(C(F)(F)F)ccc1C(F)(F)F. The van der Waals surface area contributed by atoms with E-state index >= 15 is 0 Å². The van der Waals surface area contributed by atoms with Gasteiger partial charge in [0.2, 0.25) is 5.91 Å². The van der Waals surface area contributed by atoms with Crippen molar-refractivity contribution >= 4 is 5.91 Å². The Morgan fingerprint density at radius 3 is 2.00 bits per heavy atom. The van der Waals surface area contributed by atoms with Gasteiger partial charge < -0.3 is 5.73 Å². The number of nitrogens with two attached hydrogens (primary N) is 1. The van der Waals surface area contributed by atoms with Gasteiger partial charge in [0, 0.05) is 0 Å². The van der Waals surface area contributed by atoms with Gasteiger partial charge in [-0.3, -0.25) is 4.79 Å². The average molecular weight is 271 g/mol. The minimum atomic E-state index is -4.84. The first kappa shape index (κ1) is 14.3. The molecule has 1 amide bonds. The van der Waals surface area contributed by atoms with Gasteiger partial charge in [0.05, 0.1) is 17.5 Å². The van der Waals surface area contributed by atoms with E-state index in [2.05, 4.69) is 0 Å². The molecule has 1 aromatic carbocycles. The third-order valence-electron chi connectivity index (χ3n) is 2.10. The second-order valence-corrected chi connectivity index (χ2v) is 3.51. The lowest BCUT2D eigenvalue weighted by Crippen LogP contribution is -2.19. The standard InChI is InChI=1S/C10H7F6NO/c11-9(12,13)6-1-2-7(10(14,15)16)5(3-6)4-8(17)18/h1-3H,4H2,(H2,17,18). The minimum absolute atomic E-state index is 0.285. The second kappa shape index (κ2) is 4.51. The molecule has 0 saturated carbocycles. The van der Waals surface area contributed by atoms with E-state index in [0.717, 1.165) is 0 Å². The molecule has 0 aliphatic heterocycles. The van der Waals surface area contributed by atoms with Crippen molar-refractivity contribution in [2.24, 2.45) is 5.73 Å². The van der Waals surface area contributed by atoms with E-state index in [0.29, 0.717) is 12.1 Å². The van der Waals surface area contributed by atoms with Crippen LogP contribution in [0.2, 0.25) is 0 Å². The van der Waals surface area contributed by atoms with E-state index in [4.69, 9.17) is 5.73 Å². The summed E-state index contributed by atoms with van der Waals surface area (Å²) in [6, 6.07) is 0.891. The van der Waals surface area contributed by atoms with E-state index in [9.17, 15) is 31.1 Å². The Bertz CT molecular complexity index is 462. The number of carbonyl (C=O) groups is 1. The molecule has 2 N–H and O–H groups in total. The van der Waals surface area contributed by atoms with Crippen molar-refractivity contribution < 1.29 is 31.1 Å². The van der Waals surface area contributed by atoms with Crippen molar-refractivity contribution in [2.45, 2.75) is 18.8 Å². The first-order chi connectivity index (χ1) is 8.01. The Balaban J connectivity index is 3.34. The summed E-state index contributed by atoms with van der Waals surface area (Å²) >= 11 is 0. The van der Waals surface area contributed by atoms with E-state index in [1.165, 1.54) is 0 Å². The fraction of sp³-hybridized carbons (Fsp3) is 0.300. The Kier molecular flexibility index (Phi) is 3.59. The predicted molar refractivity (Wildman–Crippen MR) is 49.3 cm³/mol. The highest BCUT2D eigenvalue weighted by Gasteiger charge is 2.37. The van der Waals surface area contributed by atoms with Crippen LogP contribution in [0, 0.1) is 0 Å². The summed E-state index contributed by atoms with van der Waals surface area (Å²) in [5.41, 5.74) is 1.37. The lowest BCUT2D eigenvalue weighted by molar-refractivity contribution is -0.142. The maximum Gasteiger partial charge on any atom is 0.416 e. The summed E-state index contributed by atoms with van der Waals surface area (Å²) in [7, 11) is 0. The van der Waals surface area contributed by atoms with Crippen LogP contribution in [0.25, 0.3) is 0 Å². The van der Waals surface area contributed by atoms with Gasteiger partial charge in [-0.2, -0.15) is 26.3 Å². The second-order valence-electron chi connectivity index (χ2n) is 3.51. The van der Waals surface area contributed by atoms with Gasteiger partial charge >= 0.3 is 12.4 Å². The zero-order chi connectivity index (χ0) is 14.1. The zero-order valence-corrected chi connectivity index (χ0v) is 8.69. The summed E-state index contributed by atoms with van der Waals surface area (Å²) in [6.07, 6.45) is -10.5. The quantitative estimate of drug-likeness (QED) is 0.826. The van der Waals surface area contributed by atoms with Crippen LogP contribution < -0.4 is 5.73 Å². The monoisotopic (exact) mass is 271 g/mol.